The van der Waals surface area contributed by atoms with Gasteiger partial charge in [-0.15, -0.1) is 0 Å². The molecule has 2 unspecified atom stereocenters. The molecular formula is C14H17BrN2O. The highest BCUT2D eigenvalue weighted by molar-refractivity contribution is 9.10. The number of carbonyl (C=O) groups excluding carboxylic acids is 1. The van der Waals surface area contributed by atoms with Gasteiger partial charge in [0.2, 0.25) is 0 Å². The molecule has 4 heteroatoms. The van der Waals surface area contributed by atoms with E-state index in [2.05, 4.69) is 25.8 Å². The molecule has 0 spiro atoms. The maximum absolute atomic E-state index is 12.5. The zero-order valence-electron chi connectivity index (χ0n) is 10.3. The molecule has 0 N–H and O–H groups in total. The molecule has 1 aromatic heterocycles. The van der Waals surface area contributed by atoms with Gasteiger partial charge in [0.1, 0.15) is 5.69 Å². The minimum atomic E-state index is 0.108. The van der Waals surface area contributed by atoms with Gasteiger partial charge in [-0.2, -0.15) is 0 Å². The zero-order chi connectivity index (χ0) is 12.5. The third kappa shape index (κ3) is 2.18. The van der Waals surface area contributed by atoms with Gasteiger partial charge in [0.05, 0.1) is 0 Å². The molecule has 1 aromatic rings. The lowest BCUT2D eigenvalue weighted by Gasteiger charge is -2.31. The van der Waals surface area contributed by atoms with Crippen LogP contribution in [0.2, 0.25) is 0 Å². The van der Waals surface area contributed by atoms with Crippen molar-refractivity contribution in [1.82, 2.24) is 9.88 Å². The van der Waals surface area contributed by atoms with Gasteiger partial charge in [-0.1, -0.05) is 12.8 Å². The number of rotatable bonds is 1. The molecule has 0 radical (unpaired) electrons. The smallest absolute Gasteiger partial charge is 0.272 e. The number of fused-ring (bicyclic) bond motifs is 1. The van der Waals surface area contributed by atoms with Gasteiger partial charge in [-0.25, -0.2) is 4.98 Å². The van der Waals surface area contributed by atoms with E-state index in [1.807, 2.05) is 12.1 Å². The molecular weight excluding hydrogens is 292 g/mol. The quantitative estimate of drug-likeness (QED) is 0.798. The Morgan fingerprint density at radius 3 is 2.89 bits per heavy atom. The SMILES string of the molecule is O=C(c1ccc(Br)cn1)N1CCC2CCCCC21. The molecule has 2 atom stereocenters. The van der Waals surface area contributed by atoms with Gasteiger partial charge in [0.15, 0.2) is 0 Å². The predicted octanol–water partition coefficient (Wildman–Crippen LogP) is 3.25. The van der Waals surface area contributed by atoms with E-state index in [1.165, 1.54) is 32.1 Å². The summed E-state index contributed by atoms with van der Waals surface area (Å²) in [6.07, 6.45) is 7.93. The van der Waals surface area contributed by atoms with Crippen molar-refractivity contribution >= 4 is 21.8 Å². The first-order valence-corrected chi connectivity index (χ1v) is 7.47. The minimum absolute atomic E-state index is 0.108. The van der Waals surface area contributed by atoms with E-state index in [4.69, 9.17) is 0 Å². The summed E-state index contributed by atoms with van der Waals surface area (Å²) in [4.78, 5) is 18.7. The van der Waals surface area contributed by atoms with E-state index in [0.717, 1.165) is 16.9 Å². The van der Waals surface area contributed by atoms with Gasteiger partial charge >= 0.3 is 0 Å². The monoisotopic (exact) mass is 308 g/mol. The summed E-state index contributed by atoms with van der Waals surface area (Å²) in [6.45, 7) is 0.909. The van der Waals surface area contributed by atoms with E-state index in [9.17, 15) is 4.79 Å². The molecule has 2 heterocycles. The molecule has 2 fully saturated rings. The lowest BCUT2D eigenvalue weighted by Crippen LogP contribution is -2.39. The number of aromatic nitrogens is 1. The minimum Gasteiger partial charge on any atom is -0.334 e. The standard InChI is InChI=1S/C14H17BrN2O/c15-11-5-6-12(16-9-11)14(18)17-8-7-10-3-1-2-4-13(10)17/h5-6,9-10,13H,1-4,7-8H2. The second-order valence-corrected chi connectivity index (χ2v) is 6.18. The first-order valence-electron chi connectivity index (χ1n) is 6.68. The second-order valence-electron chi connectivity index (χ2n) is 5.26. The van der Waals surface area contributed by atoms with Crippen LogP contribution in [0.25, 0.3) is 0 Å². The van der Waals surface area contributed by atoms with Crippen LogP contribution in [0.15, 0.2) is 22.8 Å². The highest BCUT2D eigenvalue weighted by Crippen LogP contribution is 2.36. The van der Waals surface area contributed by atoms with Crippen LogP contribution >= 0.6 is 15.9 Å². The number of hydrogen-bond acceptors (Lipinski definition) is 2. The lowest BCUT2D eigenvalue weighted by molar-refractivity contribution is 0.0684. The number of halogens is 1. The van der Waals surface area contributed by atoms with Crippen molar-refractivity contribution in [3.8, 4) is 0 Å². The van der Waals surface area contributed by atoms with E-state index < -0.39 is 0 Å². The molecule has 1 saturated heterocycles. The summed E-state index contributed by atoms with van der Waals surface area (Å²) < 4.78 is 0.913. The van der Waals surface area contributed by atoms with E-state index in [-0.39, 0.29) is 5.91 Å². The Labute approximate surface area is 116 Å². The largest absolute Gasteiger partial charge is 0.334 e. The Hall–Kier alpha value is -0.900. The van der Waals surface area contributed by atoms with E-state index in [0.29, 0.717) is 11.7 Å². The third-order valence-electron chi connectivity index (χ3n) is 4.22. The molecule has 3 nitrogen and oxygen atoms in total. The Kier molecular flexibility index (Phi) is 3.37. The summed E-state index contributed by atoms with van der Waals surface area (Å²) in [6, 6.07) is 4.16. The maximum Gasteiger partial charge on any atom is 0.272 e. The molecule has 18 heavy (non-hydrogen) atoms. The van der Waals surface area contributed by atoms with Crippen LogP contribution in [0.4, 0.5) is 0 Å². The normalized spacial score (nSPS) is 27.1. The van der Waals surface area contributed by atoms with Crippen LogP contribution in [-0.2, 0) is 0 Å². The van der Waals surface area contributed by atoms with Crippen LogP contribution in [0.3, 0.4) is 0 Å². The number of likely N-dealkylation sites (tertiary alicyclic amines) is 1. The summed E-state index contributed by atoms with van der Waals surface area (Å²) in [5.41, 5.74) is 0.574. The number of pyridine rings is 1. The molecule has 3 rings (SSSR count). The number of hydrogen-bond donors (Lipinski definition) is 0. The van der Waals surface area contributed by atoms with Gasteiger partial charge < -0.3 is 4.90 Å². The van der Waals surface area contributed by atoms with Crippen molar-refractivity contribution in [3.63, 3.8) is 0 Å². The first kappa shape index (κ1) is 12.2. The average Bonchev–Trinajstić information content (AvgIpc) is 2.82. The fraction of sp³-hybridized carbons (Fsp3) is 0.571. The van der Waals surface area contributed by atoms with Crippen molar-refractivity contribution in [2.24, 2.45) is 5.92 Å². The van der Waals surface area contributed by atoms with Crippen LogP contribution in [0.5, 0.6) is 0 Å². The summed E-state index contributed by atoms with van der Waals surface area (Å²) in [5.74, 6) is 0.843. The van der Waals surface area contributed by atoms with Crippen molar-refractivity contribution in [1.29, 1.82) is 0 Å². The van der Waals surface area contributed by atoms with Gasteiger partial charge in [-0.3, -0.25) is 4.79 Å². The molecule has 1 amide bonds. The lowest BCUT2D eigenvalue weighted by atomic mass is 9.85. The molecule has 0 bridgehead atoms. The summed E-state index contributed by atoms with van der Waals surface area (Å²) >= 11 is 3.35. The Bertz CT molecular complexity index is 446. The molecule has 0 aromatic carbocycles. The highest BCUT2D eigenvalue weighted by Gasteiger charge is 2.38. The maximum atomic E-state index is 12.5. The average molecular weight is 309 g/mol. The van der Waals surface area contributed by atoms with Crippen molar-refractivity contribution in [2.45, 2.75) is 38.1 Å². The van der Waals surface area contributed by atoms with Crippen molar-refractivity contribution in [2.75, 3.05) is 6.54 Å². The van der Waals surface area contributed by atoms with Gasteiger partial charge in [-0.05, 0) is 53.2 Å². The van der Waals surface area contributed by atoms with Crippen LogP contribution < -0.4 is 0 Å². The number of nitrogens with zero attached hydrogens (tertiary/aromatic N) is 2. The van der Waals surface area contributed by atoms with Gasteiger partial charge in [0.25, 0.3) is 5.91 Å². The first-order chi connectivity index (χ1) is 8.75. The van der Waals surface area contributed by atoms with Crippen LogP contribution in [0, 0.1) is 5.92 Å². The molecule has 2 aliphatic rings. The fourth-order valence-electron chi connectivity index (χ4n) is 3.31. The van der Waals surface area contributed by atoms with E-state index >= 15 is 0 Å². The van der Waals surface area contributed by atoms with Crippen LogP contribution in [-0.4, -0.2) is 28.4 Å². The van der Waals surface area contributed by atoms with Gasteiger partial charge in [0, 0.05) is 23.3 Å². The zero-order valence-corrected chi connectivity index (χ0v) is 11.9. The molecule has 1 saturated carbocycles. The topological polar surface area (TPSA) is 33.2 Å². The highest BCUT2D eigenvalue weighted by atomic mass is 79.9. The second kappa shape index (κ2) is 5.00. The predicted molar refractivity (Wildman–Crippen MR) is 73.3 cm³/mol. The summed E-state index contributed by atoms with van der Waals surface area (Å²) in [7, 11) is 0. The van der Waals surface area contributed by atoms with E-state index in [1.54, 1.807) is 6.20 Å². The summed E-state index contributed by atoms with van der Waals surface area (Å²) in [5, 5.41) is 0. The van der Waals surface area contributed by atoms with Crippen molar-refractivity contribution in [3.05, 3.63) is 28.5 Å². The number of carbonyl (C=O) groups is 1. The fourth-order valence-corrected chi connectivity index (χ4v) is 3.54. The number of amides is 1. The Morgan fingerprint density at radius 2 is 2.11 bits per heavy atom. The Balaban J connectivity index is 1.78. The molecule has 1 aliphatic carbocycles. The van der Waals surface area contributed by atoms with Crippen molar-refractivity contribution < 1.29 is 4.79 Å². The van der Waals surface area contributed by atoms with Crippen LogP contribution in [0.1, 0.15) is 42.6 Å². The molecule has 96 valence electrons. The molecule has 1 aliphatic heterocycles. The Morgan fingerprint density at radius 1 is 1.28 bits per heavy atom. The third-order valence-corrected chi connectivity index (χ3v) is 4.69.